The van der Waals surface area contributed by atoms with Gasteiger partial charge in [0.1, 0.15) is 10.8 Å². The van der Waals surface area contributed by atoms with Gasteiger partial charge in [0.05, 0.1) is 12.7 Å². The Kier molecular flexibility index (Phi) is 6.39. The number of nitrogens with one attached hydrogen (secondary N) is 1. The highest BCUT2D eigenvalue weighted by molar-refractivity contribution is 7.17. The summed E-state index contributed by atoms with van der Waals surface area (Å²) in [6.45, 7) is 1.88. The number of hydrogen-bond acceptors (Lipinski definition) is 5. The number of aryl methyl sites for hydroxylation is 1. The number of rotatable bonds is 6. The number of carbonyl (C=O) groups is 2. The van der Waals surface area contributed by atoms with Gasteiger partial charge in [0, 0.05) is 9.90 Å². The van der Waals surface area contributed by atoms with Crippen LogP contribution >= 0.6 is 22.9 Å². The second-order valence-corrected chi connectivity index (χ2v) is 7.91. The van der Waals surface area contributed by atoms with Gasteiger partial charge in [-0.2, -0.15) is 0 Å². The molecule has 0 aliphatic heterocycles. The summed E-state index contributed by atoms with van der Waals surface area (Å²) < 4.78 is 10.7. The molecule has 3 rings (SSSR count). The van der Waals surface area contributed by atoms with Crippen molar-refractivity contribution in [3.8, 4) is 5.75 Å². The molecule has 1 aliphatic carbocycles. The summed E-state index contributed by atoms with van der Waals surface area (Å²) in [5.74, 6) is -0.118. The van der Waals surface area contributed by atoms with E-state index in [1.807, 2.05) is 6.92 Å². The second kappa shape index (κ2) is 8.76. The van der Waals surface area contributed by atoms with Crippen LogP contribution in [0.5, 0.6) is 5.75 Å². The summed E-state index contributed by atoms with van der Waals surface area (Å²) in [6.07, 6.45) is 3.73. The second-order valence-electron chi connectivity index (χ2n) is 6.36. The molecule has 0 saturated carbocycles. The summed E-state index contributed by atoms with van der Waals surface area (Å²) in [4.78, 5) is 26.2. The highest BCUT2D eigenvalue weighted by Gasteiger charge is 2.28. The smallest absolute Gasteiger partial charge is 0.341 e. The molecular formula is C20H22ClNO4S. The number of esters is 1. The summed E-state index contributed by atoms with van der Waals surface area (Å²) >= 11 is 7.35. The third-order valence-electron chi connectivity index (χ3n) is 4.55. The number of anilines is 1. The fourth-order valence-corrected chi connectivity index (χ4v) is 4.57. The van der Waals surface area contributed by atoms with Crippen molar-refractivity contribution in [2.75, 3.05) is 12.4 Å². The molecule has 1 amide bonds. The predicted octanol–water partition coefficient (Wildman–Crippen LogP) is 4.86. The lowest BCUT2D eigenvalue weighted by Crippen LogP contribution is -2.32. The van der Waals surface area contributed by atoms with E-state index in [1.54, 1.807) is 24.3 Å². The number of halogens is 1. The van der Waals surface area contributed by atoms with Crippen molar-refractivity contribution in [2.45, 2.75) is 45.1 Å². The average Bonchev–Trinajstić information content (AvgIpc) is 3.04. The molecule has 1 aliphatic rings. The lowest BCUT2D eigenvalue weighted by molar-refractivity contribution is -0.122. The van der Waals surface area contributed by atoms with Crippen LogP contribution in [-0.4, -0.2) is 25.1 Å². The lowest BCUT2D eigenvalue weighted by atomic mass is 9.95. The van der Waals surface area contributed by atoms with Crippen LogP contribution in [0.1, 0.15) is 47.0 Å². The molecule has 2 aromatic rings. The van der Waals surface area contributed by atoms with Crippen LogP contribution in [0.15, 0.2) is 24.3 Å². The van der Waals surface area contributed by atoms with Gasteiger partial charge in [-0.25, -0.2) is 4.79 Å². The van der Waals surface area contributed by atoms with Crippen molar-refractivity contribution in [1.29, 1.82) is 0 Å². The average molecular weight is 408 g/mol. The molecule has 5 nitrogen and oxygen atoms in total. The predicted molar refractivity (Wildman–Crippen MR) is 107 cm³/mol. The van der Waals surface area contributed by atoms with Gasteiger partial charge in [0.25, 0.3) is 5.91 Å². The molecular weight excluding hydrogens is 386 g/mol. The Morgan fingerprint density at radius 3 is 2.59 bits per heavy atom. The van der Waals surface area contributed by atoms with Crippen molar-refractivity contribution in [3.05, 3.63) is 45.3 Å². The topological polar surface area (TPSA) is 64.6 Å². The van der Waals surface area contributed by atoms with Crippen molar-refractivity contribution in [1.82, 2.24) is 0 Å². The standard InChI is InChI=1S/C20H22ClNO4S/c1-3-15(26-13-10-8-12(21)9-11-13)18(23)22-19-17(20(24)25-2)14-6-4-5-7-16(14)27-19/h8-11,15H,3-7H2,1-2H3,(H,22,23)/t15-/m0/s1. The normalized spacial score (nSPS) is 14.2. The molecule has 0 bridgehead atoms. The van der Waals surface area contributed by atoms with Crippen LogP contribution in [-0.2, 0) is 22.4 Å². The molecule has 1 N–H and O–H groups in total. The largest absolute Gasteiger partial charge is 0.481 e. The highest BCUT2D eigenvalue weighted by Crippen LogP contribution is 2.38. The molecule has 1 heterocycles. The van der Waals surface area contributed by atoms with E-state index in [0.717, 1.165) is 36.1 Å². The van der Waals surface area contributed by atoms with E-state index in [2.05, 4.69) is 5.32 Å². The zero-order valence-corrected chi connectivity index (χ0v) is 16.9. The zero-order chi connectivity index (χ0) is 19.4. The minimum Gasteiger partial charge on any atom is -0.481 e. The lowest BCUT2D eigenvalue weighted by Gasteiger charge is -2.17. The van der Waals surface area contributed by atoms with E-state index < -0.39 is 12.1 Å². The third kappa shape index (κ3) is 4.45. The molecule has 0 unspecified atom stereocenters. The van der Waals surface area contributed by atoms with Crippen molar-refractivity contribution >= 4 is 39.8 Å². The Labute approximate surface area is 167 Å². The van der Waals surface area contributed by atoms with Gasteiger partial charge in [-0.05, 0) is 61.9 Å². The minimum atomic E-state index is -0.671. The molecule has 0 spiro atoms. The van der Waals surface area contributed by atoms with Crippen molar-refractivity contribution in [3.63, 3.8) is 0 Å². The summed E-state index contributed by atoms with van der Waals surface area (Å²) in [6, 6.07) is 6.87. The number of amides is 1. The molecule has 0 saturated heterocycles. The number of benzene rings is 1. The van der Waals surface area contributed by atoms with Crippen molar-refractivity contribution in [2.24, 2.45) is 0 Å². The fraction of sp³-hybridized carbons (Fsp3) is 0.400. The van der Waals surface area contributed by atoms with E-state index in [4.69, 9.17) is 21.1 Å². The first-order valence-corrected chi connectivity index (χ1v) is 10.2. The summed E-state index contributed by atoms with van der Waals surface area (Å²) in [5, 5.41) is 4.05. The fourth-order valence-electron chi connectivity index (χ4n) is 3.16. The van der Waals surface area contributed by atoms with E-state index in [-0.39, 0.29) is 5.91 Å². The number of methoxy groups -OCH3 is 1. The van der Waals surface area contributed by atoms with Gasteiger partial charge in [-0.1, -0.05) is 18.5 Å². The summed E-state index contributed by atoms with van der Waals surface area (Å²) in [5.41, 5.74) is 1.51. The molecule has 0 radical (unpaired) electrons. The van der Waals surface area contributed by atoms with Gasteiger partial charge in [0.2, 0.25) is 0 Å². The first kappa shape index (κ1) is 19.7. The third-order valence-corrected chi connectivity index (χ3v) is 6.01. The van der Waals surface area contributed by atoms with Crippen LogP contribution in [0, 0.1) is 0 Å². The van der Waals surface area contributed by atoms with E-state index >= 15 is 0 Å². The maximum atomic E-state index is 12.8. The number of thiophene rings is 1. The zero-order valence-electron chi connectivity index (χ0n) is 15.3. The molecule has 27 heavy (non-hydrogen) atoms. The highest BCUT2D eigenvalue weighted by atomic mass is 35.5. The van der Waals surface area contributed by atoms with Crippen LogP contribution in [0.3, 0.4) is 0 Å². The Morgan fingerprint density at radius 1 is 1.22 bits per heavy atom. The molecule has 144 valence electrons. The van der Waals surface area contributed by atoms with Gasteiger partial charge in [-0.15, -0.1) is 11.3 Å². The molecule has 1 aromatic carbocycles. The Morgan fingerprint density at radius 2 is 1.93 bits per heavy atom. The minimum absolute atomic E-state index is 0.281. The van der Waals surface area contributed by atoms with Gasteiger partial charge < -0.3 is 14.8 Å². The molecule has 1 aromatic heterocycles. The quantitative estimate of drug-likeness (QED) is 0.694. The number of hydrogen-bond donors (Lipinski definition) is 1. The Hall–Kier alpha value is -2.05. The maximum absolute atomic E-state index is 12.8. The van der Waals surface area contributed by atoms with Crippen molar-refractivity contribution < 1.29 is 19.1 Å². The first-order chi connectivity index (χ1) is 13.0. The maximum Gasteiger partial charge on any atom is 0.341 e. The van der Waals surface area contributed by atoms with Gasteiger partial charge >= 0.3 is 5.97 Å². The Balaban J connectivity index is 1.80. The number of carbonyl (C=O) groups excluding carboxylic acids is 2. The first-order valence-electron chi connectivity index (χ1n) is 8.99. The number of fused-ring (bicyclic) bond motifs is 1. The SMILES string of the molecule is CC[C@H](Oc1ccc(Cl)cc1)C(=O)Nc1sc2c(c1C(=O)OC)CCCC2. The van der Waals surface area contributed by atoms with Gasteiger partial charge in [0.15, 0.2) is 6.10 Å². The van der Waals surface area contributed by atoms with Gasteiger partial charge in [-0.3, -0.25) is 4.79 Å². The van der Waals surface area contributed by atoms with Crippen LogP contribution in [0.4, 0.5) is 5.00 Å². The Bertz CT molecular complexity index is 831. The summed E-state index contributed by atoms with van der Waals surface area (Å²) in [7, 11) is 1.36. The number of ether oxygens (including phenoxy) is 2. The van der Waals surface area contributed by atoms with E-state index in [1.165, 1.54) is 18.4 Å². The van der Waals surface area contributed by atoms with E-state index in [9.17, 15) is 9.59 Å². The molecule has 1 atom stereocenters. The molecule has 0 fully saturated rings. The van der Waals surface area contributed by atoms with Crippen LogP contribution < -0.4 is 10.1 Å². The van der Waals surface area contributed by atoms with E-state index in [0.29, 0.717) is 27.8 Å². The van der Waals surface area contributed by atoms with Crippen LogP contribution in [0.2, 0.25) is 5.02 Å². The van der Waals surface area contributed by atoms with Crippen LogP contribution in [0.25, 0.3) is 0 Å². The molecule has 7 heteroatoms. The monoisotopic (exact) mass is 407 g/mol.